The van der Waals surface area contributed by atoms with E-state index in [1.165, 1.54) is 11.3 Å². The number of carbonyl (C=O) groups excluding carboxylic acids is 2. The number of carbonyl (C=O) groups is 2. The van der Waals surface area contributed by atoms with Crippen molar-refractivity contribution in [3.8, 4) is 0 Å². The summed E-state index contributed by atoms with van der Waals surface area (Å²) in [5.41, 5.74) is 2.15. The molecule has 1 aromatic heterocycles. The number of rotatable bonds is 3. The van der Waals surface area contributed by atoms with E-state index in [1.807, 2.05) is 38.1 Å². The number of aromatic nitrogens is 1. The van der Waals surface area contributed by atoms with E-state index in [0.29, 0.717) is 18.0 Å². The average molecular weight is 343 g/mol. The molecule has 126 valence electrons. The molecule has 6 heteroatoms. The summed E-state index contributed by atoms with van der Waals surface area (Å²) in [4.78, 5) is 31.9. The zero-order chi connectivity index (χ0) is 17.3. The van der Waals surface area contributed by atoms with Gasteiger partial charge in [-0.3, -0.25) is 9.59 Å². The number of amides is 2. The van der Waals surface area contributed by atoms with Gasteiger partial charge in [-0.25, -0.2) is 4.98 Å². The lowest BCUT2D eigenvalue weighted by Gasteiger charge is -2.38. The summed E-state index contributed by atoms with van der Waals surface area (Å²) in [6.45, 7) is 3.98. The average Bonchev–Trinajstić information content (AvgIpc) is 2.96. The van der Waals surface area contributed by atoms with Crippen molar-refractivity contribution in [2.75, 3.05) is 12.4 Å². The lowest BCUT2D eigenvalue weighted by molar-refractivity contribution is -0.140. The monoisotopic (exact) mass is 343 g/mol. The molecule has 5 nitrogen and oxygen atoms in total. The highest BCUT2D eigenvalue weighted by molar-refractivity contribution is 7.15. The molecule has 24 heavy (non-hydrogen) atoms. The van der Waals surface area contributed by atoms with Crippen molar-refractivity contribution in [1.82, 2.24) is 9.88 Å². The minimum Gasteiger partial charge on any atom is -0.338 e. The first-order valence-corrected chi connectivity index (χ1v) is 8.83. The van der Waals surface area contributed by atoms with E-state index >= 15 is 0 Å². The van der Waals surface area contributed by atoms with Gasteiger partial charge in [-0.1, -0.05) is 29.8 Å². The number of anilines is 1. The molecule has 0 spiro atoms. The molecular weight excluding hydrogens is 322 g/mol. The zero-order valence-electron chi connectivity index (χ0n) is 14.1. The summed E-state index contributed by atoms with van der Waals surface area (Å²) in [5, 5.41) is 3.52. The van der Waals surface area contributed by atoms with Gasteiger partial charge in [0, 0.05) is 24.5 Å². The Morgan fingerprint density at radius 3 is 2.62 bits per heavy atom. The zero-order valence-corrected chi connectivity index (χ0v) is 14.9. The molecule has 2 amide bonds. The Hall–Kier alpha value is -2.21. The molecular formula is C18H21N3O2S. The largest absolute Gasteiger partial charge is 0.338 e. The first-order chi connectivity index (χ1) is 11.5. The number of thiazole rings is 1. The molecule has 1 aliphatic heterocycles. The van der Waals surface area contributed by atoms with Gasteiger partial charge in [-0.05, 0) is 25.8 Å². The Bertz CT molecular complexity index is 754. The fourth-order valence-corrected chi connectivity index (χ4v) is 3.81. The minimum atomic E-state index is -0.278. The lowest BCUT2D eigenvalue weighted by Crippen LogP contribution is -2.44. The summed E-state index contributed by atoms with van der Waals surface area (Å²) in [7, 11) is 1.78. The molecule has 1 saturated heterocycles. The fraction of sp³-hybridized carbons (Fsp3) is 0.389. The van der Waals surface area contributed by atoms with Gasteiger partial charge in [-0.2, -0.15) is 0 Å². The maximum absolute atomic E-state index is 12.8. The number of nitrogens with zero attached hydrogens (tertiary/aromatic N) is 2. The van der Waals surface area contributed by atoms with E-state index < -0.39 is 0 Å². The highest BCUT2D eigenvalue weighted by Gasteiger charge is 2.39. The summed E-state index contributed by atoms with van der Waals surface area (Å²) >= 11 is 1.46. The summed E-state index contributed by atoms with van der Waals surface area (Å²) in [6.07, 6.45) is 2.69. The van der Waals surface area contributed by atoms with Crippen LogP contribution in [0.1, 0.15) is 34.9 Å². The molecule has 0 radical (unpaired) electrons. The van der Waals surface area contributed by atoms with Crippen molar-refractivity contribution in [2.45, 2.75) is 32.7 Å². The smallest absolute Gasteiger partial charge is 0.231 e. The van der Waals surface area contributed by atoms with Crippen LogP contribution in [0.15, 0.2) is 30.5 Å². The Kier molecular flexibility index (Phi) is 4.66. The van der Waals surface area contributed by atoms with E-state index in [-0.39, 0.29) is 23.8 Å². The van der Waals surface area contributed by atoms with Crippen LogP contribution in [-0.4, -0.2) is 28.7 Å². The Morgan fingerprint density at radius 2 is 2.00 bits per heavy atom. The second-order valence-electron chi connectivity index (χ2n) is 6.27. The van der Waals surface area contributed by atoms with Crippen LogP contribution >= 0.6 is 11.3 Å². The van der Waals surface area contributed by atoms with E-state index in [1.54, 1.807) is 18.1 Å². The minimum absolute atomic E-state index is 0.0747. The molecule has 2 atom stereocenters. The van der Waals surface area contributed by atoms with Gasteiger partial charge >= 0.3 is 0 Å². The van der Waals surface area contributed by atoms with E-state index in [4.69, 9.17) is 0 Å². The molecule has 0 aliphatic carbocycles. The van der Waals surface area contributed by atoms with Crippen LogP contribution < -0.4 is 5.32 Å². The molecule has 2 heterocycles. The molecule has 0 bridgehead atoms. The third kappa shape index (κ3) is 3.33. The van der Waals surface area contributed by atoms with Crippen molar-refractivity contribution in [1.29, 1.82) is 0 Å². The van der Waals surface area contributed by atoms with Crippen molar-refractivity contribution >= 4 is 28.3 Å². The number of benzene rings is 1. The van der Waals surface area contributed by atoms with Crippen LogP contribution in [0.25, 0.3) is 0 Å². The predicted octanol–water partition coefficient (Wildman–Crippen LogP) is 3.31. The topological polar surface area (TPSA) is 62.3 Å². The van der Waals surface area contributed by atoms with Crippen LogP contribution in [0.2, 0.25) is 0 Å². The molecule has 0 saturated carbocycles. The maximum atomic E-state index is 12.8. The summed E-state index contributed by atoms with van der Waals surface area (Å²) < 4.78 is 0. The number of piperidine rings is 1. The van der Waals surface area contributed by atoms with Crippen LogP contribution in [-0.2, 0) is 9.59 Å². The molecule has 1 aromatic carbocycles. The number of nitrogens with one attached hydrogen (secondary N) is 1. The molecule has 1 fully saturated rings. The van der Waals surface area contributed by atoms with E-state index in [9.17, 15) is 9.59 Å². The standard InChI is InChI=1S/C18H21N3O2S/c1-11-4-6-13(7-5-11)16-14(8-9-15(22)21(16)3)17(23)20-18-19-10-12(2)24-18/h4-7,10,14,16H,8-9H2,1-3H3,(H,19,20,23). The SMILES string of the molecule is Cc1ccc(C2C(C(=O)Nc3ncc(C)s3)CCC(=O)N2C)cc1. The highest BCUT2D eigenvalue weighted by Crippen LogP contribution is 2.36. The normalized spacial score (nSPS) is 21.0. The Morgan fingerprint density at radius 1 is 1.29 bits per heavy atom. The molecule has 2 aromatic rings. The van der Waals surface area contributed by atoms with Gasteiger partial charge in [0.2, 0.25) is 11.8 Å². The van der Waals surface area contributed by atoms with Gasteiger partial charge in [-0.15, -0.1) is 11.3 Å². The van der Waals surface area contributed by atoms with Crippen molar-refractivity contribution in [3.63, 3.8) is 0 Å². The lowest BCUT2D eigenvalue weighted by atomic mass is 9.84. The van der Waals surface area contributed by atoms with Gasteiger partial charge in [0.25, 0.3) is 0 Å². The van der Waals surface area contributed by atoms with E-state index in [2.05, 4.69) is 10.3 Å². The van der Waals surface area contributed by atoms with Crippen LogP contribution in [0.5, 0.6) is 0 Å². The first kappa shape index (κ1) is 16.6. The van der Waals surface area contributed by atoms with Crippen molar-refractivity contribution in [3.05, 3.63) is 46.5 Å². The summed E-state index contributed by atoms with van der Waals surface area (Å²) in [6, 6.07) is 7.79. The van der Waals surface area contributed by atoms with Crippen LogP contribution in [0, 0.1) is 19.8 Å². The van der Waals surface area contributed by atoms with Crippen molar-refractivity contribution < 1.29 is 9.59 Å². The molecule has 3 rings (SSSR count). The first-order valence-electron chi connectivity index (χ1n) is 8.01. The second-order valence-corrected chi connectivity index (χ2v) is 7.51. The molecule has 1 aliphatic rings. The molecule has 2 unspecified atom stereocenters. The highest BCUT2D eigenvalue weighted by atomic mass is 32.1. The predicted molar refractivity (Wildman–Crippen MR) is 94.9 cm³/mol. The number of likely N-dealkylation sites (tertiary alicyclic amines) is 1. The van der Waals surface area contributed by atoms with Gasteiger partial charge in [0.15, 0.2) is 5.13 Å². The third-order valence-electron chi connectivity index (χ3n) is 4.47. The quantitative estimate of drug-likeness (QED) is 0.930. The number of hydrogen-bond donors (Lipinski definition) is 1. The second kappa shape index (κ2) is 6.73. The van der Waals surface area contributed by atoms with Gasteiger partial charge in [0.05, 0.1) is 12.0 Å². The van der Waals surface area contributed by atoms with Crippen molar-refractivity contribution in [2.24, 2.45) is 5.92 Å². The molecule has 1 N–H and O–H groups in total. The number of aryl methyl sites for hydroxylation is 2. The number of hydrogen-bond acceptors (Lipinski definition) is 4. The van der Waals surface area contributed by atoms with Gasteiger partial charge < -0.3 is 10.2 Å². The maximum Gasteiger partial charge on any atom is 0.231 e. The van der Waals surface area contributed by atoms with Crippen LogP contribution in [0.4, 0.5) is 5.13 Å². The van der Waals surface area contributed by atoms with Crippen LogP contribution in [0.3, 0.4) is 0 Å². The van der Waals surface area contributed by atoms with E-state index in [0.717, 1.165) is 16.0 Å². The summed E-state index contributed by atoms with van der Waals surface area (Å²) in [5.74, 6) is -0.274. The Balaban J connectivity index is 1.86. The third-order valence-corrected chi connectivity index (χ3v) is 5.30. The fourth-order valence-electron chi connectivity index (χ4n) is 3.14. The van der Waals surface area contributed by atoms with Gasteiger partial charge in [0.1, 0.15) is 0 Å². The Labute approximate surface area is 145 Å².